The third-order valence-electron chi connectivity index (χ3n) is 26.2. The molecule has 0 aliphatic heterocycles. The van der Waals surface area contributed by atoms with Crippen molar-refractivity contribution in [3.05, 3.63) is 527 Å². The van der Waals surface area contributed by atoms with E-state index in [0.29, 0.717) is 46.5 Å². The van der Waals surface area contributed by atoms with Crippen LogP contribution in [0.1, 0.15) is 117 Å². The van der Waals surface area contributed by atoms with Gasteiger partial charge in [0.05, 0.1) is 22.8 Å². The molecule has 4 aliphatic carbocycles. The Kier molecular flexibility index (Phi) is 29.1. The Morgan fingerprint density at radius 3 is 0.800 bits per heavy atom. The Balaban J connectivity index is 0.000000128. The second-order valence-electron chi connectivity index (χ2n) is 34.9. The average Bonchev–Trinajstić information content (AvgIpc) is 1.62. The molecule has 8 aromatic heterocycles. The molecule has 20 aromatic rings. The maximum absolute atomic E-state index is 5.92. The molecule has 12 aromatic carbocycles. The molecule has 8 heterocycles. The molecule has 4 aliphatic rings. The molecule has 4 atom stereocenters. The third-order valence-corrected chi connectivity index (χ3v) is 26.2. The zero-order valence-electron chi connectivity index (χ0n) is 77.4. The van der Waals surface area contributed by atoms with Crippen LogP contribution < -0.4 is 18.9 Å². The second-order valence-corrected chi connectivity index (χ2v) is 34.9. The molecule has 16 heteroatoms. The minimum atomic E-state index is -0.394. The number of nitrogens with zero attached hydrogens (tertiary/aromatic N) is 8. The van der Waals surface area contributed by atoms with Crippen LogP contribution in [0.25, 0.3) is 89.0 Å². The van der Waals surface area contributed by atoms with Crippen LogP contribution in [-0.2, 0) is 106 Å². The van der Waals surface area contributed by atoms with E-state index in [1.54, 1.807) is 24.8 Å². The second kappa shape index (κ2) is 41.8. The van der Waals surface area contributed by atoms with Crippen LogP contribution in [0.5, 0.6) is 46.5 Å². The third kappa shape index (κ3) is 18.8. The molecule has 12 nitrogen and oxygen atoms in total. The summed E-state index contributed by atoms with van der Waals surface area (Å²) in [6.45, 7) is 17.4. The van der Waals surface area contributed by atoms with Crippen LogP contribution in [0.3, 0.4) is 0 Å². The number of hydrogen-bond acceptors (Lipinski definition) is 12. The predicted molar refractivity (Wildman–Crippen MR) is 535 cm³/mol. The Labute approximate surface area is 875 Å². The SMILES string of the molecule is Cc1ccc(C2(C)c3[c-]c(-c4[c-]c(Oc5ccccn5)ccc4)ccc3-c3ccccc32)nc1.Cc1cccnc1C1(C)c2[c-]c(-c3[c-]c(Oc4ccccn4)ccc3)ccc2-c2ccccc21.Cc1ccnc(C2(C)c3[c-]c(-c4[c-]c(Oc5ccccn5)ccc4)ccc3-c3ccccc32)c1.Cc1ccnc(C2(C)c3[c-]c(-c4[c-]c(Oc5ccccn5)ccc4)ccc3-c3ccccc32)c1.[Pt+2].[Pt+2].[Pt+2].[Pt+2]. The van der Waals surface area contributed by atoms with Crippen molar-refractivity contribution in [3.8, 4) is 136 Å². The molecule has 0 N–H and O–H groups in total. The van der Waals surface area contributed by atoms with E-state index in [9.17, 15) is 0 Å². The van der Waals surface area contributed by atoms with Gasteiger partial charge in [-0.3, -0.25) is 19.9 Å². The standard InChI is InChI=1S/4C31H22N2O.4Pt/c1-21-9-8-18-33-30(21)31(2)27-13-4-3-12-25(27)26-16-15-23(20-28(26)31)22-10-7-11-24(19-22)34-29-14-5-6-17-32-29;1-21-13-16-29(33-20-21)31(2)27-11-4-3-10-25(27)26-15-14-23(19-28(26)31)22-8-7-9-24(18-22)34-30-12-5-6-17-32-30;2*1-21-15-17-32-29(18-21)31(2)27-11-4-3-10-25(27)26-14-13-23(20-28(26)31)22-8-7-9-24(19-22)34-30-12-5-6-16-33-30;;;;/h3-18H,1-2H3;3-17,20H,1-2H3;2*3-18H,1-2H3;;;;/q4*-2;4*+2. The molecule has 4 unspecified atom stereocenters. The van der Waals surface area contributed by atoms with Gasteiger partial charge in [0, 0.05) is 118 Å². The summed E-state index contributed by atoms with van der Waals surface area (Å²) in [5.74, 6) is 4.66. The maximum Gasteiger partial charge on any atom is 2.00 e. The molecule has 0 saturated carbocycles. The number of aromatic nitrogens is 8. The van der Waals surface area contributed by atoms with Gasteiger partial charge in [-0.15, -0.1) is 95.1 Å². The van der Waals surface area contributed by atoms with Gasteiger partial charge in [0.15, 0.2) is 0 Å². The van der Waals surface area contributed by atoms with Crippen molar-refractivity contribution >= 4 is 0 Å². The first-order chi connectivity index (χ1) is 66.5. The molecule has 24 rings (SSSR count). The zero-order chi connectivity index (χ0) is 92.5. The van der Waals surface area contributed by atoms with E-state index < -0.39 is 21.7 Å². The van der Waals surface area contributed by atoms with Gasteiger partial charge in [-0.1, -0.05) is 178 Å². The molecular formula is C124H88N8O4Pt4. The summed E-state index contributed by atoms with van der Waals surface area (Å²) in [7, 11) is 0. The molecule has 0 spiro atoms. The molecule has 0 fully saturated rings. The largest absolute Gasteiger partial charge is 2.00 e. The number of ether oxygens (including phenoxy) is 4. The van der Waals surface area contributed by atoms with E-state index in [4.69, 9.17) is 38.9 Å². The van der Waals surface area contributed by atoms with Crippen LogP contribution in [0.4, 0.5) is 0 Å². The first kappa shape index (κ1) is 97.4. The molecule has 0 bridgehead atoms. The predicted octanol–water partition coefficient (Wildman–Crippen LogP) is 28.7. The minimum absolute atomic E-state index is 0. The zero-order valence-corrected chi connectivity index (χ0v) is 86.5. The summed E-state index contributed by atoms with van der Waals surface area (Å²) >= 11 is 0. The topological polar surface area (TPSA) is 140 Å². The molecule has 688 valence electrons. The normalized spacial score (nSPS) is 15.6. The molecular weight excluding hydrogens is 2450 g/mol. The molecule has 140 heavy (non-hydrogen) atoms. The van der Waals surface area contributed by atoms with Gasteiger partial charge in [0.25, 0.3) is 0 Å². The van der Waals surface area contributed by atoms with Crippen molar-refractivity contribution in [1.82, 2.24) is 39.9 Å². The number of rotatable bonds is 16. The van der Waals surface area contributed by atoms with Gasteiger partial charge < -0.3 is 18.9 Å². The van der Waals surface area contributed by atoms with E-state index in [1.807, 2.05) is 189 Å². The smallest absolute Gasteiger partial charge is 0.460 e. The van der Waals surface area contributed by atoms with Gasteiger partial charge in [-0.05, 0) is 161 Å². The number of benzene rings is 12. The van der Waals surface area contributed by atoms with Crippen molar-refractivity contribution in [2.45, 2.75) is 77.0 Å². The van der Waals surface area contributed by atoms with Gasteiger partial charge in [0.2, 0.25) is 23.5 Å². The fraction of sp³-hybridized carbons (Fsp3) is 0.0968. The Morgan fingerprint density at radius 2 is 0.500 bits per heavy atom. The average molecular weight is 2530 g/mol. The van der Waals surface area contributed by atoms with Crippen LogP contribution in [0.2, 0.25) is 0 Å². The van der Waals surface area contributed by atoms with Crippen molar-refractivity contribution < 1.29 is 103 Å². The summed E-state index contributed by atoms with van der Waals surface area (Å²) < 4.78 is 23.7. The summed E-state index contributed by atoms with van der Waals surface area (Å²) in [5.41, 5.74) is 34.2. The minimum Gasteiger partial charge on any atom is -0.460 e. The molecule has 0 radical (unpaired) electrons. The Morgan fingerprint density at radius 1 is 0.207 bits per heavy atom. The molecule has 0 saturated heterocycles. The van der Waals surface area contributed by atoms with Crippen LogP contribution in [-0.4, -0.2) is 39.9 Å². The quantitative estimate of drug-likeness (QED) is 0.0851. The summed E-state index contributed by atoms with van der Waals surface area (Å²) in [6, 6.07) is 143. The van der Waals surface area contributed by atoms with E-state index in [2.05, 4.69) is 300 Å². The monoisotopic (exact) mass is 2530 g/mol. The van der Waals surface area contributed by atoms with Crippen molar-refractivity contribution in [2.24, 2.45) is 0 Å². The fourth-order valence-electron chi connectivity index (χ4n) is 19.4. The van der Waals surface area contributed by atoms with Crippen molar-refractivity contribution in [2.75, 3.05) is 0 Å². The van der Waals surface area contributed by atoms with Gasteiger partial charge in [0.1, 0.15) is 0 Å². The fourth-order valence-corrected chi connectivity index (χ4v) is 19.4. The van der Waals surface area contributed by atoms with Crippen LogP contribution in [0, 0.1) is 76.2 Å². The summed E-state index contributed by atoms with van der Waals surface area (Å²) in [5, 5.41) is 0. The van der Waals surface area contributed by atoms with Crippen molar-refractivity contribution in [1.29, 1.82) is 0 Å². The van der Waals surface area contributed by atoms with Gasteiger partial charge in [-0.2, -0.15) is 97.1 Å². The maximum atomic E-state index is 5.92. The molecule has 0 amide bonds. The number of hydrogen-bond donors (Lipinski definition) is 0. The summed E-state index contributed by atoms with van der Waals surface area (Å²) in [6.07, 6.45) is 14.5. The Hall–Kier alpha value is -14.2. The van der Waals surface area contributed by atoms with Crippen LogP contribution >= 0.6 is 0 Å². The number of fused-ring (bicyclic) bond motifs is 12. The van der Waals surface area contributed by atoms with Gasteiger partial charge in [-0.25, -0.2) is 64.4 Å². The Bertz CT molecular complexity index is 7670. The van der Waals surface area contributed by atoms with Gasteiger partial charge >= 0.3 is 84.3 Å². The first-order valence-electron chi connectivity index (χ1n) is 45.4. The van der Waals surface area contributed by atoms with E-state index in [1.165, 1.54) is 83.5 Å². The van der Waals surface area contributed by atoms with E-state index in [-0.39, 0.29) is 84.3 Å². The van der Waals surface area contributed by atoms with Crippen molar-refractivity contribution in [3.63, 3.8) is 0 Å². The number of pyridine rings is 8. The van der Waals surface area contributed by atoms with E-state index >= 15 is 0 Å². The summed E-state index contributed by atoms with van der Waals surface area (Å²) in [4.78, 5) is 36.3. The first-order valence-corrected chi connectivity index (χ1v) is 45.4. The van der Waals surface area contributed by atoms with E-state index in [0.717, 1.165) is 95.1 Å². The number of aryl methyl sites for hydroxylation is 4. The van der Waals surface area contributed by atoms with Crippen LogP contribution in [0.15, 0.2) is 389 Å².